The van der Waals surface area contributed by atoms with Gasteiger partial charge in [-0.15, -0.1) is 0 Å². The first-order chi connectivity index (χ1) is 11.1. The monoisotopic (exact) mass is 343 g/mol. The van der Waals surface area contributed by atoms with E-state index in [9.17, 15) is 15.0 Å². The minimum atomic E-state index is -0.971. The summed E-state index contributed by atoms with van der Waals surface area (Å²) in [6.07, 6.45) is 4.78. The van der Waals surface area contributed by atoms with Crippen molar-refractivity contribution in [3.05, 3.63) is 0 Å². The van der Waals surface area contributed by atoms with Crippen LogP contribution < -0.4 is 5.32 Å². The zero-order valence-electron chi connectivity index (χ0n) is 16.0. The van der Waals surface area contributed by atoms with Gasteiger partial charge in [0.25, 0.3) is 0 Å². The second-order valence-corrected chi connectivity index (χ2v) is 8.68. The van der Waals surface area contributed by atoms with Crippen LogP contribution in [0.5, 0.6) is 0 Å². The lowest BCUT2D eigenvalue weighted by Gasteiger charge is -2.33. The van der Waals surface area contributed by atoms with Crippen molar-refractivity contribution in [2.45, 2.75) is 103 Å². The van der Waals surface area contributed by atoms with Crippen LogP contribution >= 0.6 is 0 Å². The molecule has 1 aliphatic rings. The van der Waals surface area contributed by atoms with E-state index in [0.29, 0.717) is 18.8 Å². The van der Waals surface area contributed by atoms with Crippen LogP contribution in [0.4, 0.5) is 4.79 Å². The van der Waals surface area contributed by atoms with Crippen molar-refractivity contribution >= 4 is 6.09 Å². The Morgan fingerprint density at radius 3 is 2.25 bits per heavy atom. The minimum absolute atomic E-state index is 0.284. The molecule has 3 N–H and O–H groups in total. The molecule has 3 atom stereocenters. The number of aliphatic hydroxyl groups is 2. The predicted molar refractivity (Wildman–Crippen MR) is 95.8 cm³/mol. The van der Waals surface area contributed by atoms with Gasteiger partial charge in [0.1, 0.15) is 11.7 Å². The number of amides is 1. The molecule has 1 amide bonds. The molecule has 0 unspecified atom stereocenters. The summed E-state index contributed by atoms with van der Waals surface area (Å²) in [6, 6.07) is -0.475. The van der Waals surface area contributed by atoms with Gasteiger partial charge < -0.3 is 20.3 Å². The molecule has 0 aromatic carbocycles. The van der Waals surface area contributed by atoms with Gasteiger partial charge in [-0.1, -0.05) is 46.0 Å². The lowest BCUT2D eigenvalue weighted by atomic mass is 9.82. The highest BCUT2D eigenvalue weighted by Gasteiger charge is 2.32. The number of carbonyl (C=O) groups is 1. The van der Waals surface area contributed by atoms with Crippen LogP contribution in [-0.2, 0) is 4.74 Å². The van der Waals surface area contributed by atoms with E-state index in [0.717, 1.165) is 12.8 Å². The number of carbonyl (C=O) groups excluding carboxylic acids is 1. The van der Waals surface area contributed by atoms with Crippen molar-refractivity contribution in [3.63, 3.8) is 0 Å². The van der Waals surface area contributed by atoms with E-state index in [2.05, 4.69) is 5.32 Å². The third-order valence-corrected chi connectivity index (χ3v) is 4.53. The Labute approximate surface area is 147 Å². The second kappa shape index (κ2) is 9.62. The highest BCUT2D eigenvalue weighted by Crippen LogP contribution is 2.29. The maximum Gasteiger partial charge on any atom is 0.407 e. The molecule has 1 fully saturated rings. The van der Waals surface area contributed by atoms with Gasteiger partial charge in [-0.2, -0.15) is 0 Å². The Balaban J connectivity index is 2.71. The molecule has 5 nitrogen and oxygen atoms in total. The number of ether oxygens (including phenoxy) is 1. The third-order valence-electron chi connectivity index (χ3n) is 4.53. The average Bonchev–Trinajstić information content (AvgIpc) is 2.44. The lowest BCUT2D eigenvalue weighted by molar-refractivity contribution is -0.0232. The molecule has 0 radical (unpaired) electrons. The van der Waals surface area contributed by atoms with Crippen LogP contribution in [0.3, 0.4) is 0 Å². The molecule has 5 heteroatoms. The molecule has 142 valence electrons. The molecule has 1 saturated carbocycles. The molecular weight excluding hydrogens is 306 g/mol. The topological polar surface area (TPSA) is 78.8 Å². The third kappa shape index (κ3) is 8.34. The fraction of sp³-hybridized carbons (Fsp3) is 0.947. The van der Waals surface area contributed by atoms with E-state index in [1.807, 2.05) is 34.6 Å². The van der Waals surface area contributed by atoms with Crippen LogP contribution in [0.15, 0.2) is 0 Å². The van der Waals surface area contributed by atoms with Crippen LogP contribution in [0.2, 0.25) is 0 Å². The maximum absolute atomic E-state index is 12.1. The number of hydrogen-bond donors (Lipinski definition) is 3. The quantitative estimate of drug-likeness (QED) is 0.660. The first-order valence-corrected chi connectivity index (χ1v) is 9.44. The lowest BCUT2D eigenvalue weighted by Crippen LogP contribution is -2.51. The number of hydrogen-bond acceptors (Lipinski definition) is 4. The number of alkyl carbamates (subject to hydrolysis) is 1. The van der Waals surface area contributed by atoms with Gasteiger partial charge in [0, 0.05) is 0 Å². The van der Waals surface area contributed by atoms with E-state index in [1.165, 1.54) is 19.3 Å². The van der Waals surface area contributed by atoms with Crippen molar-refractivity contribution in [1.29, 1.82) is 0 Å². The maximum atomic E-state index is 12.1. The van der Waals surface area contributed by atoms with Crippen LogP contribution in [0, 0.1) is 11.8 Å². The molecule has 0 heterocycles. The summed E-state index contributed by atoms with van der Waals surface area (Å²) in [7, 11) is 0. The summed E-state index contributed by atoms with van der Waals surface area (Å²) in [5.74, 6) is 0.770. The number of aliphatic hydroxyl groups excluding tert-OH is 2. The van der Waals surface area contributed by atoms with Gasteiger partial charge in [-0.25, -0.2) is 4.79 Å². The van der Waals surface area contributed by atoms with Gasteiger partial charge in [-0.05, 0) is 45.4 Å². The van der Waals surface area contributed by atoms with Crippen molar-refractivity contribution < 1.29 is 19.7 Å². The molecule has 1 aliphatic carbocycles. The number of rotatable bonds is 7. The Bertz CT molecular complexity index is 372. The minimum Gasteiger partial charge on any atom is -0.444 e. The summed E-state index contributed by atoms with van der Waals surface area (Å²) < 4.78 is 5.33. The summed E-state index contributed by atoms with van der Waals surface area (Å²) in [5.41, 5.74) is -0.582. The second-order valence-electron chi connectivity index (χ2n) is 8.68. The summed E-state index contributed by atoms with van der Waals surface area (Å²) in [4.78, 5) is 12.1. The first kappa shape index (κ1) is 21.2. The van der Waals surface area contributed by atoms with Gasteiger partial charge in [-0.3, -0.25) is 0 Å². The molecule has 0 spiro atoms. The van der Waals surface area contributed by atoms with Crippen LogP contribution in [0.1, 0.15) is 79.6 Å². The summed E-state index contributed by atoms with van der Waals surface area (Å²) >= 11 is 0. The van der Waals surface area contributed by atoms with Crippen LogP contribution in [-0.4, -0.2) is 40.2 Å². The van der Waals surface area contributed by atoms with Crippen molar-refractivity contribution in [1.82, 2.24) is 5.32 Å². The first-order valence-electron chi connectivity index (χ1n) is 9.44. The highest BCUT2D eigenvalue weighted by molar-refractivity contribution is 5.68. The Hall–Kier alpha value is -0.810. The summed E-state index contributed by atoms with van der Waals surface area (Å²) in [6.45, 7) is 9.45. The molecule has 0 bridgehead atoms. The zero-order chi connectivity index (χ0) is 18.3. The van der Waals surface area contributed by atoms with Crippen LogP contribution in [0.25, 0.3) is 0 Å². The number of nitrogens with one attached hydrogen (secondary N) is 1. The Kier molecular flexibility index (Phi) is 8.51. The summed E-state index contributed by atoms with van der Waals surface area (Å²) in [5, 5.41) is 23.7. The zero-order valence-corrected chi connectivity index (χ0v) is 16.0. The molecule has 0 aromatic heterocycles. The van der Waals surface area contributed by atoms with Gasteiger partial charge in [0.05, 0.1) is 12.1 Å². The SMILES string of the molecule is CC(C)C[C@H](O)[C@H](O)[C@H](CC1CCCCC1)NC(=O)OC(C)(C)C. The predicted octanol–water partition coefficient (Wildman–Crippen LogP) is 3.62. The van der Waals surface area contributed by atoms with Gasteiger partial charge in [0.15, 0.2) is 0 Å². The van der Waals surface area contributed by atoms with E-state index in [-0.39, 0.29) is 5.92 Å². The van der Waals surface area contributed by atoms with E-state index >= 15 is 0 Å². The molecule has 24 heavy (non-hydrogen) atoms. The van der Waals surface area contributed by atoms with Crippen molar-refractivity contribution in [2.75, 3.05) is 0 Å². The molecule has 0 aliphatic heterocycles. The average molecular weight is 344 g/mol. The Morgan fingerprint density at radius 1 is 1.17 bits per heavy atom. The normalized spacial score (nSPS) is 20.5. The highest BCUT2D eigenvalue weighted by atomic mass is 16.6. The van der Waals surface area contributed by atoms with Gasteiger partial charge in [0.2, 0.25) is 0 Å². The molecular formula is C19H37NO4. The fourth-order valence-electron chi connectivity index (χ4n) is 3.42. The fourth-order valence-corrected chi connectivity index (χ4v) is 3.42. The van der Waals surface area contributed by atoms with E-state index in [4.69, 9.17) is 4.74 Å². The van der Waals surface area contributed by atoms with Gasteiger partial charge >= 0.3 is 6.09 Å². The van der Waals surface area contributed by atoms with E-state index < -0.39 is 29.9 Å². The molecule has 1 rings (SSSR count). The van der Waals surface area contributed by atoms with Crippen molar-refractivity contribution in [2.24, 2.45) is 11.8 Å². The molecule has 0 saturated heterocycles. The molecule has 0 aromatic rings. The smallest absolute Gasteiger partial charge is 0.407 e. The Morgan fingerprint density at radius 2 is 1.75 bits per heavy atom. The largest absolute Gasteiger partial charge is 0.444 e. The van der Waals surface area contributed by atoms with Crippen molar-refractivity contribution in [3.8, 4) is 0 Å². The van der Waals surface area contributed by atoms with E-state index in [1.54, 1.807) is 0 Å². The standard InChI is InChI=1S/C19H37NO4/c1-13(2)11-16(21)17(22)15(12-14-9-7-6-8-10-14)20-18(23)24-19(3,4)5/h13-17,21-22H,6-12H2,1-5H3,(H,20,23)/t15-,16-,17+/m0/s1.